The Balaban J connectivity index is 2.85. The van der Waals surface area contributed by atoms with E-state index >= 15 is 0 Å². The zero-order valence-electron chi connectivity index (χ0n) is 11.6. The molecule has 0 bridgehead atoms. The van der Waals surface area contributed by atoms with E-state index in [0.29, 0.717) is 0 Å². The van der Waals surface area contributed by atoms with Gasteiger partial charge in [-0.1, -0.05) is 38.5 Å². The number of hydrogen-bond acceptors (Lipinski definition) is 3. The van der Waals surface area contributed by atoms with Crippen molar-refractivity contribution in [1.29, 1.82) is 0 Å². The van der Waals surface area contributed by atoms with Gasteiger partial charge in [-0.2, -0.15) is 0 Å². The molecule has 0 radical (unpaired) electrons. The zero-order valence-corrected chi connectivity index (χ0v) is 11.6. The molecular formula is C15H23NO2. The highest BCUT2D eigenvalue weighted by atomic mass is 16.6. The number of esters is 1. The first-order valence-electron chi connectivity index (χ1n) is 6.68. The van der Waals surface area contributed by atoms with Gasteiger partial charge in [0, 0.05) is 25.6 Å². The molecule has 1 atom stereocenters. The molecule has 18 heavy (non-hydrogen) atoms. The first-order chi connectivity index (χ1) is 8.69. The molecule has 0 saturated heterocycles. The quantitative estimate of drug-likeness (QED) is 0.546. The van der Waals surface area contributed by atoms with Crippen LogP contribution in [0.1, 0.15) is 40.0 Å². The number of carbonyl (C=O) groups excluding carboxylic acids is 1. The van der Waals surface area contributed by atoms with Gasteiger partial charge < -0.3 is 9.64 Å². The van der Waals surface area contributed by atoms with Crippen LogP contribution < -0.4 is 4.90 Å². The minimum Gasteiger partial charge on any atom is -0.442 e. The summed E-state index contributed by atoms with van der Waals surface area (Å²) in [5.74, 6) is -0.223. The van der Waals surface area contributed by atoms with Gasteiger partial charge in [0.2, 0.25) is 0 Å². The molecule has 1 aromatic rings. The van der Waals surface area contributed by atoms with Gasteiger partial charge in [-0.05, 0) is 18.6 Å². The fraction of sp³-hybridized carbons (Fsp3) is 0.533. The Labute approximate surface area is 110 Å². The smallest absolute Gasteiger partial charge is 0.304 e. The third-order valence-electron chi connectivity index (χ3n) is 2.84. The van der Waals surface area contributed by atoms with Gasteiger partial charge in [0.15, 0.2) is 6.23 Å². The molecule has 0 N–H and O–H groups in total. The van der Waals surface area contributed by atoms with Crippen molar-refractivity contribution in [1.82, 2.24) is 0 Å². The SMILES string of the molecule is CCCCN(c1ccccc1)C(CC)OC(C)=O. The Bertz CT molecular complexity index is 351. The van der Waals surface area contributed by atoms with Crippen LogP contribution in [0, 0.1) is 0 Å². The van der Waals surface area contributed by atoms with E-state index in [4.69, 9.17) is 4.74 Å². The maximum atomic E-state index is 11.2. The van der Waals surface area contributed by atoms with Gasteiger partial charge in [-0.15, -0.1) is 0 Å². The van der Waals surface area contributed by atoms with E-state index in [-0.39, 0.29) is 12.2 Å². The molecule has 0 amide bonds. The van der Waals surface area contributed by atoms with Crippen LogP contribution in [0.5, 0.6) is 0 Å². The zero-order chi connectivity index (χ0) is 13.4. The monoisotopic (exact) mass is 249 g/mol. The minimum absolute atomic E-state index is 0.170. The summed E-state index contributed by atoms with van der Waals surface area (Å²) in [6.45, 7) is 6.57. The maximum Gasteiger partial charge on any atom is 0.304 e. The number of anilines is 1. The highest BCUT2D eigenvalue weighted by Crippen LogP contribution is 2.20. The second-order valence-corrected chi connectivity index (χ2v) is 4.35. The van der Waals surface area contributed by atoms with E-state index < -0.39 is 0 Å². The number of rotatable bonds is 7. The van der Waals surface area contributed by atoms with Crippen LogP contribution in [-0.4, -0.2) is 18.7 Å². The van der Waals surface area contributed by atoms with Crippen molar-refractivity contribution in [3.05, 3.63) is 30.3 Å². The molecule has 0 aliphatic rings. The van der Waals surface area contributed by atoms with E-state index in [1.54, 1.807) is 0 Å². The van der Waals surface area contributed by atoms with Crippen LogP contribution in [0.2, 0.25) is 0 Å². The van der Waals surface area contributed by atoms with E-state index in [2.05, 4.69) is 24.0 Å². The van der Waals surface area contributed by atoms with Crippen molar-refractivity contribution in [2.75, 3.05) is 11.4 Å². The summed E-state index contributed by atoms with van der Waals surface area (Å²) in [4.78, 5) is 13.3. The fourth-order valence-electron chi connectivity index (χ4n) is 1.95. The van der Waals surface area contributed by atoms with Gasteiger partial charge >= 0.3 is 5.97 Å². The lowest BCUT2D eigenvalue weighted by atomic mass is 10.2. The number of benzene rings is 1. The molecule has 3 heteroatoms. The standard InChI is InChI=1S/C15H23NO2/c1-4-6-12-16(14-10-8-7-9-11-14)15(5-2)18-13(3)17/h7-11,15H,4-6,12H2,1-3H3. The molecule has 1 aromatic carbocycles. The summed E-state index contributed by atoms with van der Waals surface area (Å²) in [5.41, 5.74) is 1.11. The predicted molar refractivity (Wildman–Crippen MR) is 74.5 cm³/mol. The first-order valence-corrected chi connectivity index (χ1v) is 6.68. The Morgan fingerprint density at radius 3 is 2.44 bits per heavy atom. The highest BCUT2D eigenvalue weighted by molar-refractivity contribution is 5.66. The largest absolute Gasteiger partial charge is 0.442 e. The lowest BCUT2D eigenvalue weighted by Gasteiger charge is -2.32. The molecule has 0 aliphatic carbocycles. The molecule has 100 valence electrons. The molecular weight excluding hydrogens is 226 g/mol. The molecule has 1 unspecified atom stereocenters. The Morgan fingerprint density at radius 2 is 1.94 bits per heavy atom. The Kier molecular flexibility index (Phi) is 6.26. The third-order valence-corrected chi connectivity index (χ3v) is 2.84. The number of hydrogen-bond donors (Lipinski definition) is 0. The van der Waals surface area contributed by atoms with Gasteiger partial charge in [0.05, 0.1) is 0 Å². The topological polar surface area (TPSA) is 29.5 Å². The molecule has 0 spiro atoms. The second kappa shape index (κ2) is 7.75. The number of nitrogens with zero attached hydrogens (tertiary/aromatic N) is 1. The normalized spacial score (nSPS) is 11.9. The molecule has 0 saturated carbocycles. The summed E-state index contributed by atoms with van der Waals surface area (Å²) in [6.07, 6.45) is 2.83. The molecule has 0 fully saturated rings. The minimum atomic E-state index is -0.223. The van der Waals surface area contributed by atoms with E-state index in [1.165, 1.54) is 6.92 Å². The van der Waals surface area contributed by atoms with Crippen molar-refractivity contribution in [3.8, 4) is 0 Å². The van der Waals surface area contributed by atoms with Crippen LogP contribution in [-0.2, 0) is 9.53 Å². The van der Waals surface area contributed by atoms with Crippen LogP contribution in [0.4, 0.5) is 5.69 Å². The van der Waals surface area contributed by atoms with Gasteiger partial charge in [-0.25, -0.2) is 0 Å². The van der Waals surface area contributed by atoms with E-state index in [9.17, 15) is 4.79 Å². The molecule has 0 aromatic heterocycles. The van der Waals surface area contributed by atoms with Crippen molar-refractivity contribution in [2.45, 2.75) is 46.3 Å². The van der Waals surface area contributed by atoms with Crippen LogP contribution >= 0.6 is 0 Å². The van der Waals surface area contributed by atoms with E-state index in [1.807, 2.05) is 25.1 Å². The van der Waals surface area contributed by atoms with E-state index in [0.717, 1.165) is 31.5 Å². The fourth-order valence-corrected chi connectivity index (χ4v) is 1.95. The summed E-state index contributed by atoms with van der Waals surface area (Å²) < 4.78 is 5.40. The maximum absolute atomic E-state index is 11.2. The van der Waals surface area contributed by atoms with Crippen LogP contribution in [0.3, 0.4) is 0 Å². The van der Waals surface area contributed by atoms with Crippen LogP contribution in [0.25, 0.3) is 0 Å². The molecule has 0 aliphatic heterocycles. The van der Waals surface area contributed by atoms with Crippen molar-refractivity contribution < 1.29 is 9.53 Å². The number of ether oxygens (including phenoxy) is 1. The summed E-state index contributed by atoms with van der Waals surface area (Å²) >= 11 is 0. The average Bonchev–Trinajstić information content (AvgIpc) is 2.38. The number of carbonyl (C=O) groups is 1. The molecule has 3 nitrogen and oxygen atoms in total. The lowest BCUT2D eigenvalue weighted by molar-refractivity contribution is -0.146. The lowest BCUT2D eigenvalue weighted by Crippen LogP contribution is -2.38. The average molecular weight is 249 g/mol. The van der Waals surface area contributed by atoms with Crippen molar-refractivity contribution >= 4 is 11.7 Å². The number of unbranched alkanes of at least 4 members (excludes halogenated alkanes) is 1. The van der Waals surface area contributed by atoms with Gasteiger partial charge in [0.25, 0.3) is 0 Å². The Morgan fingerprint density at radius 1 is 1.28 bits per heavy atom. The Hall–Kier alpha value is -1.51. The predicted octanol–water partition coefficient (Wildman–Crippen LogP) is 3.59. The summed E-state index contributed by atoms with van der Waals surface area (Å²) in [7, 11) is 0. The van der Waals surface area contributed by atoms with Crippen molar-refractivity contribution in [3.63, 3.8) is 0 Å². The molecule has 1 rings (SSSR count). The highest BCUT2D eigenvalue weighted by Gasteiger charge is 2.19. The third kappa shape index (κ3) is 4.40. The van der Waals surface area contributed by atoms with Crippen molar-refractivity contribution in [2.24, 2.45) is 0 Å². The second-order valence-electron chi connectivity index (χ2n) is 4.35. The van der Waals surface area contributed by atoms with Gasteiger partial charge in [0.1, 0.15) is 0 Å². The number of para-hydroxylation sites is 1. The summed E-state index contributed by atoms with van der Waals surface area (Å²) in [6, 6.07) is 10.1. The van der Waals surface area contributed by atoms with Gasteiger partial charge in [-0.3, -0.25) is 4.79 Å². The first kappa shape index (κ1) is 14.6. The summed E-state index contributed by atoms with van der Waals surface area (Å²) in [5, 5.41) is 0. The van der Waals surface area contributed by atoms with Crippen LogP contribution in [0.15, 0.2) is 30.3 Å². The molecule has 0 heterocycles.